The van der Waals surface area contributed by atoms with Gasteiger partial charge in [0.1, 0.15) is 0 Å². The van der Waals surface area contributed by atoms with Crippen LogP contribution in [-0.2, 0) is 6.54 Å². The molecule has 0 bridgehead atoms. The minimum atomic E-state index is 0. The molecule has 2 rings (SSSR count). The van der Waals surface area contributed by atoms with Crippen molar-refractivity contribution in [1.82, 2.24) is 14.7 Å². The molecule has 0 aliphatic heterocycles. The normalized spacial score (nSPS) is 10.7. The molecule has 0 amide bonds. The second-order valence-corrected chi connectivity index (χ2v) is 5.92. The summed E-state index contributed by atoms with van der Waals surface area (Å²) in [7, 11) is 0. The largest absolute Gasteiger partial charge is 0.492 e. The third-order valence-electron chi connectivity index (χ3n) is 3.74. The average molecular weight is 360 g/mol. The van der Waals surface area contributed by atoms with Crippen molar-refractivity contribution in [2.45, 2.75) is 46.3 Å². The van der Waals surface area contributed by atoms with Crippen molar-refractivity contribution >= 4 is 24.8 Å². The number of halogens is 2. The van der Waals surface area contributed by atoms with Gasteiger partial charge in [-0.2, -0.15) is 0 Å². The molecule has 0 atom stereocenters. The first kappa shape index (κ1) is 21.8. The van der Waals surface area contributed by atoms with Crippen LogP contribution in [0.4, 0.5) is 0 Å². The summed E-state index contributed by atoms with van der Waals surface area (Å²) in [6, 6.07) is 10.9. The van der Waals surface area contributed by atoms with Gasteiger partial charge in [0.05, 0.1) is 12.1 Å². The molecule has 2 aromatic rings. The molecular formula is C17H27Cl2N3O. The van der Waals surface area contributed by atoms with Gasteiger partial charge >= 0.3 is 0 Å². The first-order valence-corrected chi connectivity index (χ1v) is 7.56. The van der Waals surface area contributed by atoms with Gasteiger partial charge < -0.3 is 5.11 Å². The minimum Gasteiger partial charge on any atom is -0.492 e. The van der Waals surface area contributed by atoms with Crippen molar-refractivity contribution in [3.8, 4) is 17.0 Å². The van der Waals surface area contributed by atoms with Crippen LogP contribution in [0.5, 0.6) is 5.88 Å². The fraction of sp³-hybridized carbons (Fsp3) is 0.471. The first-order chi connectivity index (χ1) is 9.99. The van der Waals surface area contributed by atoms with Crippen LogP contribution < -0.4 is 0 Å². The summed E-state index contributed by atoms with van der Waals surface area (Å²) in [5.74, 6) is 0.0989. The van der Waals surface area contributed by atoms with Crippen molar-refractivity contribution in [3.05, 3.63) is 36.5 Å². The van der Waals surface area contributed by atoms with Crippen LogP contribution in [0.3, 0.4) is 0 Å². The lowest BCUT2D eigenvalue weighted by atomic mass is 10.1. The highest BCUT2D eigenvalue weighted by molar-refractivity contribution is 5.85. The lowest BCUT2D eigenvalue weighted by Crippen LogP contribution is -2.39. The summed E-state index contributed by atoms with van der Waals surface area (Å²) in [6.45, 7) is 10.5. The van der Waals surface area contributed by atoms with Crippen molar-refractivity contribution in [1.29, 1.82) is 0 Å². The lowest BCUT2D eigenvalue weighted by Gasteiger charge is -2.30. The smallest absolute Gasteiger partial charge is 0.238 e. The Morgan fingerprint density at radius 3 is 2.13 bits per heavy atom. The predicted octanol–water partition coefficient (Wildman–Crippen LogP) is 4.22. The maximum Gasteiger partial charge on any atom is 0.238 e. The molecule has 0 saturated heterocycles. The Morgan fingerprint density at radius 1 is 1.04 bits per heavy atom. The summed E-state index contributed by atoms with van der Waals surface area (Å²) in [5.41, 5.74) is 1.78. The Labute approximate surface area is 151 Å². The molecule has 6 heteroatoms. The van der Waals surface area contributed by atoms with E-state index in [1.165, 1.54) is 0 Å². The Balaban J connectivity index is 0.00000242. The molecule has 1 heterocycles. The van der Waals surface area contributed by atoms with Crippen LogP contribution in [0.15, 0.2) is 36.5 Å². The molecule has 1 N–H and O–H groups in total. The standard InChI is InChI=1S/C17H25N3O.2ClH/c1-13(2)20(14(3)4)11-10-19-12-16(17(21)18-19)15-8-6-5-7-9-15;;/h5-9,12-14H,10-11H2,1-4H3,(H,18,21);2*1H. The van der Waals surface area contributed by atoms with Crippen molar-refractivity contribution < 1.29 is 5.11 Å². The van der Waals surface area contributed by atoms with Gasteiger partial charge in [0.2, 0.25) is 5.88 Å². The second kappa shape index (κ2) is 9.81. The van der Waals surface area contributed by atoms with E-state index >= 15 is 0 Å². The van der Waals surface area contributed by atoms with Crippen LogP contribution in [0.2, 0.25) is 0 Å². The van der Waals surface area contributed by atoms with Gasteiger partial charge in [0.25, 0.3) is 0 Å². The first-order valence-electron chi connectivity index (χ1n) is 7.56. The Kier molecular flexibility index (Phi) is 9.28. The number of hydrogen-bond acceptors (Lipinski definition) is 3. The molecule has 130 valence electrons. The number of aromatic nitrogens is 2. The molecule has 23 heavy (non-hydrogen) atoms. The van der Waals surface area contributed by atoms with Gasteiger partial charge in [-0.15, -0.1) is 29.9 Å². The Bertz CT molecular complexity index is 562. The quantitative estimate of drug-likeness (QED) is 0.839. The molecule has 0 spiro atoms. The number of nitrogens with zero attached hydrogens (tertiary/aromatic N) is 3. The third kappa shape index (κ3) is 5.72. The zero-order chi connectivity index (χ0) is 15.4. The van der Waals surface area contributed by atoms with E-state index in [9.17, 15) is 5.11 Å². The third-order valence-corrected chi connectivity index (χ3v) is 3.74. The van der Waals surface area contributed by atoms with Crippen LogP contribution in [0, 0.1) is 0 Å². The fourth-order valence-electron chi connectivity index (χ4n) is 2.68. The van der Waals surface area contributed by atoms with Crippen LogP contribution >= 0.6 is 24.8 Å². The summed E-state index contributed by atoms with van der Waals surface area (Å²) in [5, 5.41) is 14.2. The topological polar surface area (TPSA) is 41.3 Å². The van der Waals surface area contributed by atoms with Crippen molar-refractivity contribution in [3.63, 3.8) is 0 Å². The summed E-state index contributed by atoms with van der Waals surface area (Å²) in [4.78, 5) is 2.42. The highest BCUT2D eigenvalue weighted by Crippen LogP contribution is 2.27. The summed E-state index contributed by atoms with van der Waals surface area (Å²) in [6.07, 6.45) is 1.92. The fourth-order valence-corrected chi connectivity index (χ4v) is 2.68. The maximum atomic E-state index is 10.0. The van der Waals surface area contributed by atoms with Gasteiger partial charge in [-0.25, -0.2) is 0 Å². The van der Waals surface area contributed by atoms with E-state index in [1.807, 2.05) is 41.2 Å². The molecular weight excluding hydrogens is 333 g/mol. The van der Waals surface area contributed by atoms with Crippen molar-refractivity contribution in [2.24, 2.45) is 0 Å². The zero-order valence-electron chi connectivity index (χ0n) is 14.1. The Hall–Kier alpha value is -1.23. The average Bonchev–Trinajstić information content (AvgIpc) is 2.80. The molecule has 0 unspecified atom stereocenters. The highest BCUT2D eigenvalue weighted by atomic mass is 35.5. The summed E-state index contributed by atoms with van der Waals surface area (Å²) < 4.78 is 1.83. The molecule has 4 nitrogen and oxygen atoms in total. The van der Waals surface area contributed by atoms with E-state index in [2.05, 4.69) is 37.7 Å². The molecule has 0 radical (unpaired) electrons. The molecule has 0 aliphatic carbocycles. The molecule has 1 aromatic carbocycles. The van der Waals surface area contributed by atoms with E-state index in [4.69, 9.17) is 0 Å². The van der Waals surface area contributed by atoms with E-state index in [1.54, 1.807) is 0 Å². The molecule has 0 aliphatic rings. The monoisotopic (exact) mass is 359 g/mol. The van der Waals surface area contributed by atoms with Gasteiger partial charge in [-0.05, 0) is 33.3 Å². The highest BCUT2D eigenvalue weighted by Gasteiger charge is 2.14. The van der Waals surface area contributed by atoms with E-state index in [0.717, 1.165) is 24.2 Å². The number of hydrogen-bond donors (Lipinski definition) is 1. The molecule has 0 saturated carbocycles. The summed E-state index contributed by atoms with van der Waals surface area (Å²) >= 11 is 0. The van der Waals surface area contributed by atoms with Crippen molar-refractivity contribution in [2.75, 3.05) is 6.54 Å². The van der Waals surface area contributed by atoms with Gasteiger partial charge in [0, 0.05) is 24.8 Å². The number of rotatable bonds is 6. The van der Waals surface area contributed by atoms with Crippen LogP contribution in [-0.4, -0.2) is 38.4 Å². The van der Waals surface area contributed by atoms with Crippen LogP contribution in [0.25, 0.3) is 11.1 Å². The lowest BCUT2D eigenvalue weighted by molar-refractivity contribution is 0.166. The van der Waals surface area contributed by atoms with Gasteiger partial charge in [-0.1, -0.05) is 30.3 Å². The number of benzene rings is 1. The predicted molar refractivity (Wildman–Crippen MR) is 101 cm³/mol. The van der Waals surface area contributed by atoms with E-state index in [-0.39, 0.29) is 30.7 Å². The van der Waals surface area contributed by atoms with Gasteiger partial charge in [0.15, 0.2) is 0 Å². The zero-order valence-corrected chi connectivity index (χ0v) is 15.8. The Morgan fingerprint density at radius 2 is 1.61 bits per heavy atom. The second-order valence-electron chi connectivity index (χ2n) is 5.92. The SMILES string of the molecule is CC(C)N(CCn1cc(-c2ccccc2)c(O)n1)C(C)C.Cl.Cl. The maximum absolute atomic E-state index is 10.0. The molecule has 1 aromatic heterocycles. The number of aromatic hydroxyl groups is 1. The minimum absolute atomic E-state index is 0. The van der Waals surface area contributed by atoms with E-state index < -0.39 is 0 Å². The van der Waals surface area contributed by atoms with Crippen LogP contribution in [0.1, 0.15) is 27.7 Å². The van der Waals surface area contributed by atoms with E-state index in [0.29, 0.717) is 12.1 Å². The van der Waals surface area contributed by atoms with Gasteiger partial charge in [-0.3, -0.25) is 9.58 Å². The molecule has 0 fully saturated rings.